The molecule has 1 fully saturated rings. The van der Waals surface area contributed by atoms with Crippen molar-refractivity contribution in [2.75, 3.05) is 13.1 Å². The molecule has 110 valence electrons. The van der Waals surface area contributed by atoms with Gasteiger partial charge in [-0.15, -0.1) is 12.4 Å². The fourth-order valence-electron chi connectivity index (χ4n) is 2.55. The molecule has 2 nitrogen and oxygen atoms in total. The van der Waals surface area contributed by atoms with Gasteiger partial charge in [-0.25, -0.2) is 0 Å². The zero-order valence-corrected chi connectivity index (χ0v) is 11.7. The first-order valence-corrected chi connectivity index (χ1v) is 6.24. The Balaban J connectivity index is 0.00000200. The van der Waals surface area contributed by atoms with Gasteiger partial charge in [0.05, 0.1) is 17.0 Å². The highest BCUT2D eigenvalue weighted by molar-refractivity contribution is 5.85. The Hall–Kier alpha value is -1.25. The highest BCUT2D eigenvalue weighted by Gasteiger charge is 2.37. The van der Waals surface area contributed by atoms with Crippen LogP contribution in [0.2, 0.25) is 0 Å². The second-order valence-electron chi connectivity index (χ2n) is 4.97. The maximum Gasteiger partial charge on any atom is 0.416 e. The lowest BCUT2D eigenvalue weighted by atomic mass is 9.75. The third-order valence-electron chi connectivity index (χ3n) is 3.65. The summed E-state index contributed by atoms with van der Waals surface area (Å²) in [5.41, 5.74) is -1.08. The van der Waals surface area contributed by atoms with E-state index in [9.17, 15) is 18.4 Å². The first-order chi connectivity index (χ1) is 8.97. The molecule has 6 heteroatoms. The molecule has 1 N–H and O–H groups in total. The van der Waals surface area contributed by atoms with Crippen LogP contribution in [0.25, 0.3) is 0 Å². The van der Waals surface area contributed by atoms with E-state index in [1.165, 1.54) is 12.1 Å². The molecule has 1 aliphatic rings. The van der Waals surface area contributed by atoms with E-state index in [-0.39, 0.29) is 24.4 Å². The van der Waals surface area contributed by atoms with Crippen molar-refractivity contribution in [3.63, 3.8) is 0 Å². The van der Waals surface area contributed by atoms with Crippen LogP contribution in [0, 0.1) is 16.7 Å². The number of nitrogens with zero attached hydrogens (tertiary/aromatic N) is 1. The van der Waals surface area contributed by atoms with E-state index in [4.69, 9.17) is 0 Å². The Labute approximate surface area is 122 Å². The van der Waals surface area contributed by atoms with Crippen molar-refractivity contribution in [2.45, 2.75) is 25.4 Å². The van der Waals surface area contributed by atoms with Crippen LogP contribution in [0.5, 0.6) is 0 Å². The van der Waals surface area contributed by atoms with Gasteiger partial charge in [-0.2, -0.15) is 18.4 Å². The molecule has 20 heavy (non-hydrogen) atoms. The molecule has 0 aromatic heterocycles. The topological polar surface area (TPSA) is 35.8 Å². The normalized spacial score (nSPS) is 17.9. The van der Waals surface area contributed by atoms with Crippen molar-refractivity contribution < 1.29 is 13.2 Å². The van der Waals surface area contributed by atoms with Crippen LogP contribution in [0.1, 0.15) is 24.0 Å². The summed E-state index contributed by atoms with van der Waals surface area (Å²) in [6.07, 6.45) is -3.01. The van der Waals surface area contributed by atoms with Crippen molar-refractivity contribution in [3.8, 4) is 6.07 Å². The maximum absolute atomic E-state index is 12.9. The van der Waals surface area contributed by atoms with Gasteiger partial charge in [-0.3, -0.25) is 0 Å². The quantitative estimate of drug-likeness (QED) is 0.907. The summed E-state index contributed by atoms with van der Waals surface area (Å²) in [7, 11) is 0. The standard InChI is InChI=1S/C14H15F3N2.ClH/c15-14(16,17)12-4-2-1-3-11(12)9-13(10-18)5-7-19-8-6-13;/h1-4,19H,5-9H2;1H. The van der Waals surface area contributed by atoms with Crippen LogP contribution in [0.3, 0.4) is 0 Å². The number of benzene rings is 1. The van der Waals surface area contributed by atoms with Gasteiger partial charge in [-0.05, 0) is 44.0 Å². The molecule has 0 amide bonds. The lowest BCUT2D eigenvalue weighted by Gasteiger charge is -2.32. The van der Waals surface area contributed by atoms with Crippen LogP contribution in [0.4, 0.5) is 13.2 Å². The van der Waals surface area contributed by atoms with E-state index in [0.717, 1.165) is 6.07 Å². The monoisotopic (exact) mass is 304 g/mol. The molecule has 2 rings (SSSR count). The van der Waals surface area contributed by atoms with Crippen molar-refractivity contribution in [3.05, 3.63) is 35.4 Å². The Kier molecular flexibility index (Phi) is 5.43. The minimum atomic E-state index is -4.36. The molecule has 0 spiro atoms. The van der Waals surface area contributed by atoms with E-state index in [2.05, 4.69) is 11.4 Å². The fraction of sp³-hybridized carbons (Fsp3) is 0.500. The lowest BCUT2D eigenvalue weighted by molar-refractivity contribution is -0.138. The van der Waals surface area contributed by atoms with Crippen molar-refractivity contribution in [1.82, 2.24) is 5.32 Å². The number of rotatable bonds is 2. The van der Waals surface area contributed by atoms with Crippen molar-refractivity contribution >= 4 is 12.4 Å². The van der Waals surface area contributed by atoms with E-state index in [0.29, 0.717) is 25.9 Å². The smallest absolute Gasteiger partial charge is 0.317 e. The lowest BCUT2D eigenvalue weighted by Crippen LogP contribution is -2.37. The Morgan fingerprint density at radius 1 is 1.20 bits per heavy atom. The second-order valence-corrected chi connectivity index (χ2v) is 4.97. The maximum atomic E-state index is 12.9. The number of hydrogen-bond donors (Lipinski definition) is 1. The number of piperidine rings is 1. The minimum Gasteiger partial charge on any atom is -0.317 e. The predicted octanol–water partition coefficient (Wildman–Crippen LogP) is 3.56. The molecule has 1 saturated heterocycles. The number of halogens is 4. The summed E-state index contributed by atoms with van der Waals surface area (Å²) < 4.78 is 38.8. The molecule has 0 bridgehead atoms. The van der Waals surface area contributed by atoms with E-state index < -0.39 is 17.2 Å². The first kappa shape index (κ1) is 16.8. The zero-order valence-electron chi connectivity index (χ0n) is 10.8. The number of nitrogens with one attached hydrogen (secondary N) is 1. The van der Waals surface area contributed by atoms with Gasteiger partial charge in [0, 0.05) is 0 Å². The third-order valence-corrected chi connectivity index (χ3v) is 3.65. The number of hydrogen-bond acceptors (Lipinski definition) is 2. The molecular formula is C14H16ClF3N2. The molecule has 0 unspecified atom stereocenters. The molecule has 0 atom stereocenters. The van der Waals surface area contributed by atoms with Gasteiger partial charge in [-0.1, -0.05) is 18.2 Å². The van der Waals surface area contributed by atoms with Gasteiger partial charge in [0.1, 0.15) is 0 Å². The Morgan fingerprint density at radius 2 is 1.80 bits per heavy atom. The van der Waals surface area contributed by atoms with Gasteiger partial charge >= 0.3 is 6.18 Å². The van der Waals surface area contributed by atoms with Gasteiger partial charge in [0.2, 0.25) is 0 Å². The first-order valence-electron chi connectivity index (χ1n) is 6.24. The van der Waals surface area contributed by atoms with Crippen LogP contribution < -0.4 is 5.32 Å². The summed E-state index contributed by atoms with van der Waals surface area (Å²) >= 11 is 0. The second kappa shape index (κ2) is 6.47. The SMILES string of the molecule is Cl.N#CC1(Cc2ccccc2C(F)(F)F)CCNCC1. The summed E-state index contributed by atoms with van der Waals surface area (Å²) in [6.45, 7) is 1.36. The average Bonchev–Trinajstić information content (AvgIpc) is 2.39. The van der Waals surface area contributed by atoms with Gasteiger partial charge < -0.3 is 5.32 Å². The summed E-state index contributed by atoms with van der Waals surface area (Å²) in [5.74, 6) is 0. The number of alkyl halides is 3. The highest BCUT2D eigenvalue weighted by atomic mass is 35.5. The minimum absolute atomic E-state index is 0. The largest absolute Gasteiger partial charge is 0.416 e. The molecule has 0 saturated carbocycles. The van der Waals surface area contributed by atoms with Gasteiger partial charge in [0.15, 0.2) is 0 Å². The molecule has 0 radical (unpaired) electrons. The molecule has 1 aliphatic heterocycles. The highest BCUT2D eigenvalue weighted by Crippen LogP contribution is 2.37. The fourth-order valence-corrected chi connectivity index (χ4v) is 2.55. The van der Waals surface area contributed by atoms with Crippen LogP contribution >= 0.6 is 12.4 Å². The Bertz CT molecular complexity index is 488. The number of nitriles is 1. The molecular weight excluding hydrogens is 289 g/mol. The third kappa shape index (κ3) is 3.65. The summed E-state index contributed by atoms with van der Waals surface area (Å²) in [4.78, 5) is 0. The zero-order chi connectivity index (χ0) is 13.9. The Morgan fingerprint density at radius 3 is 2.35 bits per heavy atom. The average molecular weight is 305 g/mol. The molecule has 1 aromatic rings. The predicted molar refractivity (Wildman–Crippen MR) is 72.5 cm³/mol. The van der Waals surface area contributed by atoms with Crippen LogP contribution in [0.15, 0.2) is 24.3 Å². The van der Waals surface area contributed by atoms with Crippen molar-refractivity contribution in [2.24, 2.45) is 5.41 Å². The van der Waals surface area contributed by atoms with E-state index in [1.807, 2.05) is 0 Å². The van der Waals surface area contributed by atoms with Gasteiger partial charge in [0.25, 0.3) is 0 Å². The van der Waals surface area contributed by atoms with Crippen LogP contribution in [-0.4, -0.2) is 13.1 Å². The molecule has 0 aliphatic carbocycles. The summed E-state index contributed by atoms with van der Waals surface area (Å²) in [6, 6.07) is 7.77. The van der Waals surface area contributed by atoms with Crippen LogP contribution in [-0.2, 0) is 12.6 Å². The molecule has 1 heterocycles. The molecule has 1 aromatic carbocycles. The van der Waals surface area contributed by atoms with E-state index >= 15 is 0 Å². The van der Waals surface area contributed by atoms with Crippen molar-refractivity contribution in [1.29, 1.82) is 5.26 Å². The summed E-state index contributed by atoms with van der Waals surface area (Å²) in [5, 5.41) is 12.5. The van der Waals surface area contributed by atoms with E-state index in [1.54, 1.807) is 6.07 Å².